The van der Waals surface area contributed by atoms with Gasteiger partial charge in [-0.15, -0.1) is 0 Å². The van der Waals surface area contributed by atoms with Gasteiger partial charge in [0.2, 0.25) is 5.28 Å². The Morgan fingerprint density at radius 2 is 2.44 bits per heavy atom. The van der Waals surface area contributed by atoms with Crippen LogP contribution in [-0.2, 0) is 4.74 Å². The van der Waals surface area contributed by atoms with Crippen molar-refractivity contribution in [3.63, 3.8) is 0 Å². The fourth-order valence-corrected chi connectivity index (χ4v) is 1.98. The molecule has 0 bridgehead atoms. The van der Waals surface area contributed by atoms with E-state index in [0.717, 1.165) is 37.4 Å². The lowest BCUT2D eigenvalue weighted by Gasteiger charge is -2.24. The molecule has 0 saturated carbocycles. The van der Waals surface area contributed by atoms with Crippen molar-refractivity contribution < 1.29 is 4.74 Å². The van der Waals surface area contributed by atoms with Crippen molar-refractivity contribution in [1.29, 1.82) is 0 Å². The van der Waals surface area contributed by atoms with Crippen LogP contribution in [0.15, 0.2) is 6.20 Å². The third-order valence-electron chi connectivity index (χ3n) is 2.87. The molecule has 1 aromatic rings. The Labute approximate surface area is 100 Å². The van der Waals surface area contributed by atoms with Gasteiger partial charge in [0.25, 0.3) is 0 Å². The first-order valence-corrected chi connectivity index (χ1v) is 5.84. The third kappa shape index (κ3) is 2.62. The number of halogens is 1. The van der Waals surface area contributed by atoms with Crippen LogP contribution < -0.4 is 5.32 Å². The van der Waals surface area contributed by atoms with E-state index in [1.54, 1.807) is 6.20 Å². The second kappa shape index (κ2) is 4.55. The molecule has 16 heavy (non-hydrogen) atoms. The van der Waals surface area contributed by atoms with Gasteiger partial charge in [-0.25, -0.2) is 9.97 Å². The molecule has 0 aliphatic carbocycles. The van der Waals surface area contributed by atoms with Crippen molar-refractivity contribution in [3.05, 3.63) is 17.0 Å². The maximum atomic E-state index is 5.75. The summed E-state index contributed by atoms with van der Waals surface area (Å²) in [6.07, 6.45) is 3.93. The van der Waals surface area contributed by atoms with Crippen molar-refractivity contribution >= 4 is 17.4 Å². The Hall–Kier alpha value is -0.870. The van der Waals surface area contributed by atoms with E-state index < -0.39 is 0 Å². The minimum Gasteiger partial charge on any atom is -0.373 e. The highest BCUT2D eigenvalue weighted by molar-refractivity contribution is 6.28. The van der Waals surface area contributed by atoms with Crippen LogP contribution in [0.5, 0.6) is 0 Å². The Kier molecular flexibility index (Phi) is 3.30. The SMILES string of the molecule is Cc1cnc(Cl)nc1NCC1(C)CCCO1. The van der Waals surface area contributed by atoms with E-state index >= 15 is 0 Å². The molecule has 1 aliphatic heterocycles. The molecular formula is C11H16ClN3O. The minimum atomic E-state index is -0.0795. The maximum absolute atomic E-state index is 5.75. The van der Waals surface area contributed by atoms with Gasteiger partial charge in [-0.3, -0.25) is 0 Å². The van der Waals surface area contributed by atoms with Crippen LogP contribution in [0.1, 0.15) is 25.3 Å². The molecule has 1 saturated heterocycles. The molecular weight excluding hydrogens is 226 g/mol. The van der Waals surface area contributed by atoms with Crippen LogP contribution in [0.2, 0.25) is 5.28 Å². The molecule has 1 aliphatic rings. The molecule has 2 rings (SSSR count). The van der Waals surface area contributed by atoms with Gasteiger partial charge in [-0.1, -0.05) is 0 Å². The summed E-state index contributed by atoms with van der Waals surface area (Å²) < 4.78 is 5.69. The summed E-state index contributed by atoms with van der Waals surface area (Å²) >= 11 is 5.75. The Balaban J connectivity index is 2.01. The number of aryl methyl sites for hydroxylation is 1. The lowest BCUT2D eigenvalue weighted by atomic mass is 10.0. The van der Waals surface area contributed by atoms with Crippen LogP contribution in [0, 0.1) is 6.92 Å². The smallest absolute Gasteiger partial charge is 0.224 e. The van der Waals surface area contributed by atoms with E-state index in [4.69, 9.17) is 16.3 Å². The number of anilines is 1. The number of ether oxygens (including phenoxy) is 1. The molecule has 1 fully saturated rings. The van der Waals surface area contributed by atoms with Crippen LogP contribution in [0.25, 0.3) is 0 Å². The van der Waals surface area contributed by atoms with Crippen LogP contribution in [0.3, 0.4) is 0 Å². The fraction of sp³-hybridized carbons (Fsp3) is 0.636. The summed E-state index contributed by atoms with van der Waals surface area (Å²) in [6.45, 7) is 5.67. The first-order valence-electron chi connectivity index (χ1n) is 5.46. The fourth-order valence-electron chi connectivity index (χ4n) is 1.85. The van der Waals surface area contributed by atoms with Gasteiger partial charge in [0.15, 0.2) is 0 Å². The minimum absolute atomic E-state index is 0.0795. The molecule has 0 amide bonds. The van der Waals surface area contributed by atoms with E-state index in [2.05, 4.69) is 22.2 Å². The van der Waals surface area contributed by atoms with Crippen LogP contribution >= 0.6 is 11.6 Å². The van der Waals surface area contributed by atoms with E-state index in [1.165, 1.54) is 0 Å². The second-order valence-corrected chi connectivity index (χ2v) is 4.76. The molecule has 0 aromatic carbocycles. The van der Waals surface area contributed by atoms with Crippen molar-refractivity contribution in [2.24, 2.45) is 0 Å². The van der Waals surface area contributed by atoms with Crippen molar-refractivity contribution in [2.45, 2.75) is 32.3 Å². The first-order chi connectivity index (χ1) is 7.59. The standard InChI is InChI=1S/C11H16ClN3O/c1-8-6-13-10(12)15-9(8)14-7-11(2)4-3-5-16-11/h6H,3-5,7H2,1-2H3,(H,13,14,15). The topological polar surface area (TPSA) is 47.0 Å². The van der Waals surface area contributed by atoms with Gasteiger partial charge >= 0.3 is 0 Å². The van der Waals surface area contributed by atoms with E-state index in [-0.39, 0.29) is 10.9 Å². The average Bonchev–Trinajstić information content (AvgIpc) is 2.67. The maximum Gasteiger partial charge on any atom is 0.224 e. The molecule has 1 N–H and O–H groups in total. The molecule has 2 heterocycles. The van der Waals surface area contributed by atoms with Gasteiger partial charge in [0, 0.05) is 24.9 Å². The summed E-state index contributed by atoms with van der Waals surface area (Å²) in [5.74, 6) is 0.789. The lowest BCUT2D eigenvalue weighted by Crippen LogP contribution is -2.33. The van der Waals surface area contributed by atoms with Crippen molar-refractivity contribution in [3.8, 4) is 0 Å². The highest BCUT2D eigenvalue weighted by Gasteiger charge is 2.29. The monoisotopic (exact) mass is 241 g/mol. The third-order valence-corrected chi connectivity index (χ3v) is 3.05. The highest BCUT2D eigenvalue weighted by Crippen LogP contribution is 2.25. The lowest BCUT2D eigenvalue weighted by molar-refractivity contribution is 0.0314. The first kappa shape index (κ1) is 11.6. The van der Waals surface area contributed by atoms with Gasteiger partial charge in [0.05, 0.1) is 5.60 Å². The van der Waals surface area contributed by atoms with Crippen LogP contribution in [0.4, 0.5) is 5.82 Å². The zero-order chi connectivity index (χ0) is 11.6. The Bertz CT molecular complexity index is 377. The van der Waals surface area contributed by atoms with Crippen LogP contribution in [-0.4, -0.2) is 28.7 Å². The Morgan fingerprint density at radius 3 is 3.12 bits per heavy atom. The van der Waals surface area contributed by atoms with E-state index in [9.17, 15) is 0 Å². The highest BCUT2D eigenvalue weighted by atomic mass is 35.5. The number of nitrogens with zero attached hydrogens (tertiary/aromatic N) is 2. The van der Waals surface area contributed by atoms with E-state index in [0.29, 0.717) is 0 Å². The molecule has 1 atom stereocenters. The summed E-state index contributed by atoms with van der Waals surface area (Å²) in [6, 6.07) is 0. The molecule has 1 aromatic heterocycles. The summed E-state index contributed by atoms with van der Waals surface area (Å²) in [5, 5.41) is 3.54. The molecule has 1 unspecified atom stereocenters. The number of aromatic nitrogens is 2. The number of hydrogen-bond donors (Lipinski definition) is 1. The van der Waals surface area contributed by atoms with Gasteiger partial charge in [-0.05, 0) is 38.3 Å². The van der Waals surface area contributed by atoms with Gasteiger partial charge in [0.1, 0.15) is 5.82 Å². The number of hydrogen-bond acceptors (Lipinski definition) is 4. The predicted octanol–water partition coefficient (Wildman–Crippen LogP) is 2.42. The Morgan fingerprint density at radius 1 is 1.62 bits per heavy atom. The summed E-state index contributed by atoms with van der Waals surface area (Å²) in [4.78, 5) is 8.07. The van der Waals surface area contributed by atoms with E-state index in [1.807, 2.05) is 6.92 Å². The van der Waals surface area contributed by atoms with Crippen molar-refractivity contribution in [2.75, 3.05) is 18.5 Å². The summed E-state index contributed by atoms with van der Waals surface area (Å²) in [5.41, 5.74) is 0.912. The quantitative estimate of drug-likeness (QED) is 0.826. The second-order valence-electron chi connectivity index (χ2n) is 4.43. The van der Waals surface area contributed by atoms with Gasteiger partial charge in [-0.2, -0.15) is 0 Å². The molecule has 0 spiro atoms. The number of nitrogens with one attached hydrogen (secondary N) is 1. The zero-order valence-electron chi connectivity index (χ0n) is 9.59. The normalized spacial score (nSPS) is 24.7. The van der Waals surface area contributed by atoms with Crippen molar-refractivity contribution in [1.82, 2.24) is 9.97 Å². The molecule has 4 nitrogen and oxygen atoms in total. The predicted molar refractivity (Wildman–Crippen MR) is 63.9 cm³/mol. The molecule has 0 radical (unpaired) electrons. The largest absolute Gasteiger partial charge is 0.373 e. The molecule has 5 heteroatoms. The number of rotatable bonds is 3. The average molecular weight is 242 g/mol. The molecule has 88 valence electrons. The zero-order valence-corrected chi connectivity index (χ0v) is 10.3. The van der Waals surface area contributed by atoms with Gasteiger partial charge < -0.3 is 10.1 Å². The summed E-state index contributed by atoms with van der Waals surface area (Å²) in [7, 11) is 0.